The van der Waals surface area contributed by atoms with Crippen LogP contribution >= 0.6 is 11.8 Å². The van der Waals surface area contributed by atoms with E-state index in [1.165, 1.54) is 11.8 Å². The van der Waals surface area contributed by atoms with Gasteiger partial charge in [-0.3, -0.25) is 4.79 Å². The molecule has 4 aromatic rings. The molecule has 0 spiro atoms. The molecule has 0 aliphatic rings. The van der Waals surface area contributed by atoms with Crippen LogP contribution in [0.1, 0.15) is 10.4 Å². The predicted molar refractivity (Wildman–Crippen MR) is 97.3 cm³/mol. The van der Waals surface area contributed by atoms with Crippen molar-refractivity contribution < 1.29 is 4.79 Å². The fourth-order valence-corrected chi connectivity index (χ4v) is 3.55. The second-order valence-electron chi connectivity index (χ2n) is 5.33. The number of nitrogens with zero attached hydrogens (tertiary/aromatic N) is 2. The molecule has 0 saturated carbocycles. The third-order valence-electron chi connectivity index (χ3n) is 3.75. The van der Waals surface area contributed by atoms with Gasteiger partial charge in [0.15, 0.2) is 0 Å². The minimum atomic E-state index is 0.0199. The first-order chi connectivity index (χ1) is 11.8. The Labute approximate surface area is 144 Å². The van der Waals surface area contributed by atoms with Crippen LogP contribution in [0.15, 0.2) is 90.0 Å². The number of hydrogen-bond donors (Lipinski definition) is 0. The first-order valence-corrected chi connectivity index (χ1v) is 8.44. The number of rotatable bonds is 3. The molecule has 0 aliphatic heterocycles. The molecule has 2 heterocycles. The Morgan fingerprint density at radius 3 is 2.25 bits per heavy atom. The normalized spacial score (nSPS) is 10.8. The minimum Gasteiger partial charge on any atom is -0.281 e. The molecule has 0 unspecified atom stereocenters. The van der Waals surface area contributed by atoms with Crippen LogP contribution in [-0.2, 0) is 0 Å². The van der Waals surface area contributed by atoms with Gasteiger partial charge in [-0.2, -0.15) is 5.10 Å². The Kier molecular flexibility index (Phi) is 3.89. The maximum Gasteiger partial charge on any atom is 0.224 e. The van der Waals surface area contributed by atoms with Gasteiger partial charge < -0.3 is 0 Å². The van der Waals surface area contributed by atoms with Crippen molar-refractivity contribution in [3.05, 3.63) is 90.6 Å². The maximum atomic E-state index is 12.7. The SMILES string of the molecule is O=C(Sc1c(-c2ccccc2)nn2ccccc12)c1ccccc1. The highest BCUT2D eigenvalue weighted by Crippen LogP contribution is 2.36. The van der Waals surface area contributed by atoms with E-state index in [-0.39, 0.29) is 5.12 Å². The average molecular weight is 330 g/mol. The molecule has 0 aliphatic carbocycles. The van der Waals surface area contributed by atoms with Crippen molar-refractivity contribution in [2.45, 2.75) is 4.90 Å². The number of aromatic nitrogens is 2. The van der Waals surface area contributed by atoms with E-state index in [4.69, 9.17) is 0 Å². The van der Waals surface area contributed by atoms with Gasteiger partial charge >= 0.3 is 0 Å². The van der Waals surface area contributed by atoms with Crippen LogP contribution in [0.5, 0.6) is 0 Å². The number of pyridine rings is 1. The Hall–Kier alpha value is -2.85. The summed E-state index contributed by atoms with van der Waals surface area (Å²) in [5.41, 5.74) is 3.46. The fraction of sp³-hybridized carbons (Fsp3) is 0. The zero-order chi connectivity index (χ0) is 16.4. The van der Waals surface area contributed by atoms with Crippen LogP contribution in [0.3, 0.4) is 0 Å². The number of carbonyl (C=O) groups is 1. The summed E-state index contributed by atoms with van der Waals surface area (Å²) in [5.74, 6) is 0. The van der Waals surface area contributed by atoms with Crippen LogP contribution in [0.25, 0.3) is 16.8 Å². The summed E-state index contributed by atoms with van der Waals surface area (Å²) in [4.78, 5) is 13.6. The van der Waals surface area contributed by atoms with Crippen LogP contribution in [0, 0.1) is 0 Å². The van der Waals surface area contributed by atoms with Crippen LogP contribution in [-0.4, -0.2) is 14.7 Å². The Morgan fingerprint density at radius 2 is 1.50 bits per heavy atom. The average Bonchev–Trinajstić information content (AvgIpc) is 3.02. The van der Waals surface area contributed by atoms with Gasteiger partial charge in [0, 0.05) is 17.3 Å². The highest BCUT2D eigenvalue weighted by Gasteiger charge is 2.18. The predicted octanol–water partition coefficient (Wildman–Crippen LogP) is 4.93. The smallest absolute Gasteiger partial charge is 0.224 e. The van der Waals surface area contributed by atoms with Crippen molar-refractivity contribution in [3.8, 4) is 11.3 Å². The van der Waals surface area contributed by atoms with E-state index in [2.05, 4.69) is 5.10 Å². The summed E-state index contributed by atoms with van der Waals surface area (Å²) in [6.07, 6.45) is 1.90. The number of thioether (sulfide) groups is 1. The molecule has 116 valence electrons. The monoisotopic (exact) mass is 330 g/mol. The van der Waals surface area contributed by atoms with Crippen molar-refractivity contribution in [1.29, 1.82) is 0 Å². The van der Waals surface area contributed by atoms with E-state index in [1.54, 1.807) is 0 Å². The van der Waals surface area contributed by atoms with Gasteiger partial charge in [0.05, 0.1) is 10.4 Å². The lowest BCUT2D eigenvalue weighted by molar-refractivity contribution is 0.108. The summed E-state index contributed by atoms with van der Waals surface area (Å²) in [7, 11) is 0. The van der Waals surface area contributed by atoms with Crippen LogP contribution in [0.4, 0.5) is 0 Å². The Balaban J connectivity index is 1.83. The fourth-order valence-electron chi connectivity index (χ4n) is 2.59. The third kappa shape index (κ3) is 2.72. The van der Waals surface area contributed by atoms with E-state index in [0.29, 0.717) is 5.56 Å². The lowest BCUT2D eigenvalue weighted by Gasteiger charge is -2.03. The van der Waals surface area contributed by atoms with Gasteiger partial charge in [-0.15, -0.1) is 0 Å². The molecule has 24 heavy (non-hydrogen) atoms. The van der Waals surface area contributed by atoms with Crippen molar-refractivity contribution in [3.63, 3.8) is 0 Å². The van der Waals surface area contributed by atoms with Gasteiger partial charge in [-0.1, -0.05) is 66.7 Å². The molecule has 0 saturated heterocycles. The molecule has 0 atom stereocenters. The van der Waals surface area contributed by atoms with Gasteiger partial charge in [0.2, 0.25) is 5.12 Å². The molecule has 3 nitrogen and oxygen atoms in total. The lowest BCUT2D eigenvalue weighted by Crippen LogP contribution is -1.93. The first kappa shape index (κ1) is 14.7. The highest BCUT2D eigenvalue weighted by molar-refractivity contribution is 8.14. The number of hydrogen-bond acceptors (Lipinski definition) is 3. The quantitative estimate of drug-likeness (QED) is 0.499. The minimum absolute atomic E-state index is 0.0199. The van der Waals surface area contributed by atoms with E-state index >= 15 is 0 Å². The maximum absolute atomic E-state index is 12.7. The first-order valence-electron chi connectivity index (χ1n) is 7.63. The van der Waals surface area contributed by atoms with Gasteiger partial charge in [-0.25, -0.2) is 4.52 Å². The molecule has 0 amide bonds. The molecule has 4 rings (SSSR count). The van der Waals surface area contributed by atoms with E-state index < -0.39 is 0 Å². The molecule has 0 radical (unpaired) electrons. The second kappa shape index (κ2) is 6.34. The molecule has 0 bridgehead atoms. The van der Waals surface area contributed by atoms with Crippen molar-refractivity contribution in [1.82, 2.24) is 9.61 Å². The van der Waals surface area contributed by atoms with Crippen molar-refractivity contribution >= 4 is 22.4 Å². The van der Waals surface area contributed by atoms with Gasteiger partial charge in [0.1, 0.15) is 5.69 Å². The molecule has 2 aromatic carbocycles. The molecule has 4 heteroatoms. The van der Waals surface area contributed by atoms with Crippen molar-refractivity contribution in [2.24, 2.45) is 0 Å². The second-order valence-corrected chi connectivity index (χ2v) is 6.31. The summed E-state index contributed by atoms with van der Waals surface area (Å²) in [6.45, 7) is 0. The summed E-state index contributed by atoms with van der Waals surface area (Å²) < 4.78 is 1.82. The van der Waals surface area contributed by atoms with Crippen molar-refractivity contribution in [2.75, 3.05) is 0 Å². The lowest BCUT2D eigenvalue weighted by atomic mass is 10.1. The summed E-state index contributed by atoms with van der Waals surface area (Å²) in [5, 5.41) is 4.69. The largest absolute Gasteiger partial charge is 0.281 e. The van der Waals surface area contributed by atoms with E-state index in [0.717, 1.165) is 21.7 Å². The summed E-state index contributed by atoms with van der Waals surface area (Å²) >= 11 is 1.23. The van der Waals surface area contributed by atoms with Gasteiger partial charge in [-0.05, 0) is 23.9 Å². The van der Waals surface area contributed by atoms with Crippen LogP contribution < -0.4 is 0 Å². The number of fused-ring (bicyclic) bond motifs is 1. The molecule has 2 aromatic heterocycles. The summed E-state index contributed by atoms with van der Waals surface area (Å²) in [6, 6.07) is 25.2. The third-order valence-corrected chi connectivity index (χ3v) is 4.77. The molecular weight excluding hydrogens is 316 g/mol. The molecule has 0 N–H and O–H groups in total. The van der Waals surface area contributed by atoms with Gasteiger partial charge in [0.25, 0.3) is 0 Å². The topological polar surface area (TPSA) is 34.4 Å². The molecular formula is C20H14N2OS. The number of benzene rings is 2. The zero-order valence-electron chi connectivity index (χ0n) is 12.8. The zero-order valence-corrected chi connectivity index (χ0v) is 13.6. The highest BCUT2D eigenvalue weighted by atomic mass is 32.2. The van der Waals surface area contributed by atoms with Crippen LogP contribution in [0.2, 0.25) is 0 Å². The van der Waals surface area contributed by atoms with E-state index in [9.17, 15) is 4.79 Å². The standard InChI is InChI=1S/C20H14N2OS/c23-20(16-11-5-2-6-12-16)24-19-17-13-7-8-14-22(17)21-18(19)15-9-3-1-4-10-15/h1-14H. The Morgan fingerprint density at radius 1 is 0.833 bits per heavy atom. The Bertz CT molecular complexity index is 994. The molecule has 0 fully saturated rings. The number of carbonyl (C=O) groups excluding carboxylic acids is 1. The van der Waals surface area contributed by atoms with E-state index in [1.807, 2.05) is 89.6 Å².